The zero-order chi connectivity index (χ0) is 14.1. The summed E-state index contributed by atoms with van der Waals surface area (Å²) in [5.74, 6) is -1.15. The van der Waals surface area contributed by atoms with E-state index in [2.05, 4.69) is 12.2 Å². The van der Waals surface area contributed by atoms with Crippen LogP contribution >= 0.6 is 0 Å². The van der Waals surface area contributed by atoms with Crippen molar-refractivity contribution in [2.75, 3.05) is 0 Å². The number of rotatable bonds is 6. The number of nitrogens with one attached hydrogen (secondary N) is 1. The second-order valence-corrected chi connectivity index (χ2v) is 5.57. The highest BCUT2D eigenvalue weighted by molar-refractivity contribution is 5.78. The number of hydrogen-bond acceptors (Lipinski definition) is 2. The molecule has 1 aliphatic carbocycles. The molecule has 0 radical (unpaired) electrons. The molecule has 110 valence electrons. The highest BCUT2D eigenvalue weighted by atomic mass is 16.4. The number of hydrogen-bond donors (Lipinski definition) is 2. The van der Waals surface area contributed by atoms with Crippen LogP contribution in [0.5, 0.6) is 0 Å². The zero-order valence-corrected chi connectivity index (χ0v) is 12.0. The third-order valence-electron chi connectivity index (χ3n) is 3.94. The highest BCUT2D eigenvalue weighted by Gasteiger charge is 2.29. The molecule has 1 saturated carbocycles. The molecule has 0 heterocycles. The smallest absolute Gasteiger partial charge is 0.308 e. The molecule has 4 nitrogen and oxygen atoms in total. The number of carbonyl (C=O) groups is 2. The van der Waals surface area contributed by atoms with Gasteiger partial charge in [-0.25, -0.2) is 0 Å². The van der Waals surface area contributed by atoms with Gasteiger partial charge < -0.3 is 10.4 Å². The van der Waals surface area contributed by atoms with Crippen LogP contribution in [-0.2, 0) is 9.59 Å². The summed E-state index contributed by atoms with van der Waals surface area (Å²) in [6.45, 7) is 2.10. The minimum Gasteiger partial charge on any atom is -0.481 e. The first kappa shape index (κ1) is 16.0. The second kappa shape index (κ2) is 8.94. The van der Waals surface area contributed by atoms with E-state index in [1.54, 1.807) is 0 Å². The summed E-state index contributed by atoms with van der Waals surface area (Å²) in [4.78, 5) is 23.2. The first-order chi connectivity index (χ1) is 9.15. The molecule has 1 aliphatic rings. The molecule has 1 fully saturated rings. The quantitative estimate of drug-likeness (QED) is 0.728. The van der Waals surface area contributed by atoms with Crippen molar-refractivity contribution in [3.63, 3.8) is 0 Å². The topological polar surface area (TPSA) is 66.4 Å². The van der Waals surface area contributed by atoms with Gasteiger partial charge in [-0.05, 0) is 19.3 Å². The number of aliphatic carboxylic acids is 1. The summed E-state index contributed by atoms with van der Waals surface area (Å²) in [5, 5.41) is 12.3. The van der Waals surface area contributed by atoms with E-state index in [0.717, 1.165) is 51.4 Å². The molecule has 19 heavy (non-hydrogen) atoms. The van der Waals surface area contributed by atoms with Crippen molar-refractivity contribution in [2.24, 2.45) is 5.92 Å². The first-order valence-electron chi connectivity index (χ1n) is 7.67. The van der Waals surface area contributed by atoms with E-state index >= 15 is 0 Å². The second-order valence-electron chi connectivity index (χ2n) is 5.57. The number of carboxylic acid groups (broad SMARTS) is 1. The van der Waals surface area contributed by atoms with E-state index in [9.17, 15) is 14.7 Å². The molecule has 2 unspecified atom stereocenters. The van der Waals surface area contributed by atoms with Gasteiger partial charge in [0.25, 0.3) is 0 Å². The zero-order valence-electron chi connectivity index (χ0n) is 12.0. The van der Waals surface area contributed by atoms with E-state index in [1.807, 2.05) is 0 Å². The Kier molecular flexibility index (Phi) is 7.53. The Morgan fingerprint density at radius 3 is 2.42 bits per heavy atom. The molecule has 0 saturated heterocycles. The molecule has 0 spiro atoms. The maximum atomic E-state index is 11.8. The lowest BCUT2D eigenvalue weighted by Gasteiger charge is -2.27. The van der Waals surface area contributed by atoms with Crippen molar-refractivity contribution in [3.05, 3.63) is 0 Å². The van der Waals surface area contributed by atoms with Crippen LogP contribution in [0.1, 0.15) is 71.1 Å². The van der Waals surface area contributed by atoms with Gasteiger partial charge in [-0.1, -0.05) is 45.4 Å². The molecule has 2 atom stereocenters. The Hall–Kier alpha value is -1.06. The van der Waals surface area contributed by atoms with Crippen LogP contribution in [0, 0.1) is 5.92 Å². The Morgan fingerprint density at radius 2 is 1.79 bits per heavy atom. The Balaban J connectivity index is 2.48. The van der Waals surface area contributed by atoms with E-state index in [4.69, 9.17) is 0 Å². The summed E-state index contributed by atoms with van der Waals surface area (Å²) in [7, 11) is 0. The van der Waals surface area contributed by atoms with Crippen molar-refractivity contribution >= 4 is 11.9 Å². The third kappa shape index (κ3) is 6.08. The van der Waals surface area contributed by atoms with Gasteiger partial charge in [-0.2, -0.15) is 0 Å². The molecular formula is C15H27NO3. The Labute approximate surface area is 116 Å². The SMILES string of the molecule is CCCCCC(=O)NC1CCCCCCC1C(=O)O. The van der Waals surface area contributed by atoms with Crippen LogP contribution in [0.3, 0.4) is 0 Å². The molecule has 4 heteroatoms. The van der Waals surface area contributed by atoms with Gasteiger partial charge in [0.2, 0.25) is 5.91 Å². The standard InChI is InChI=1S/C15H27NO3/c1-2-3-6-11-14(17)16-13-10-8-5-4-7-9-12(13)15(18)19/h12-13H,2-11H2,1H3,(H,16,17)(H,18,19). The number of unbranched alkanes of at least 4 members (excludes halogenated alkanes) is 2. The van der Waals surface area contributed by atoms with E-state index in [1.165, 1.54) is 0 Å². The predicted octanol–water partition coefficient (Wildman–Crippen LogP) is 3.11. The fraction of sp³-hybridized carbons (Fsp3) is 0.867. The maximum Gasteiger partial charge on any atom is 0.308 e. The summed E-state index contributed by atoms with van der Waals surface area (Å²) >= 11 is 0. The fourth-order valence-electron chi connectivity index (χ4n) is 2.77. The van der Waals surface area contributed by atoms with Crippen LogP contribution < -0.4 is 5.32 Å². The van der Waals surface area contributed by atoms with Crippen LogP contribution in [0.4, 0.5) is 0 Å². The normalized spacial score (nSPS) is 24.3. The predicted molar refractivity (Wildman–Crippen MR) is 74.9 cm³/mol. The van der Waals surface area contributed by atoms with Gasteiger partial charge in [0.15, 0.2) is 0 Å². The first-order valence-corrected chi connectivity index (χ1v) is 7.67. The maximum absolute atomic E-state index is 11.8. The van der Waals surface area contributed by atoms with Gasteiger partial charge in [0.05, 0.1) is 5.92 Å². The molecule has 0 bridgehead atoms. The Bertz CT molecular complexity index is 291. The van der Waals surface area contributed by atoms with Crippen molar-refractivity contribution in [1.82, 2.24) is 5.32 Å². The molecule has 1 rings (SSSR count). The van der Waals surface area contributed by atoms with Gasteiger partial charge in [0, 0.05) is 12.5 Å². The summed E-state index contributed by atoms with van der Waals surface area (Å²) in [5.41, 5.74) is 0. The lowest BCUT2D eigenvalue weighted by atomic mass is 9.86. The van der Waals surface area contributed by atoms with Gasteiger partial charge in [-0.3, -0.25) is 9.59 Å². The van der Waals surface area contributed by atoms with Crippen LogP contribution in [0.2, 0.25) is 0 Å². The van der Waals surface area contributed by atoms with Crippen LogP contribution in [0.15, 0.2) is 0 Å². The third-order valence-corrected chi connectivity index (χ3v) is 3.94. The monoisotopic (exact) mass is 269 g/mol. The summed E-state index contributed by atoms with van der Waals surface area (Å²) in [6, 6.07) is -0.174. The molecule has 0 aromatic heterocycles. The average molecular weight is 269 g/mol. The van der Waals surface area contributed by atoms with E-state index in [0.29, 0.717) is 12.8 Å². The van der Waals surface area contributed by atoms with E-state index in [-0.39, 0.29) is 11.9 Å². The van der Waals surface area contributed by atoms with E-state index < -0.39 is 11.9 Å². The van der Waals surface area contributed by atoms with Crippen molar-refractivity contribution in [3.8, 4) is 0 Å². The van der Waals surface area contributed by atoms with Crippen molar-refractivity contribution in [2.45, 2.75) is 77.2 Å². The number of carbonyl (C=O) groups excluding carboxylic acids is 1. The van der Waals surface area contributed by atoms with Gasteiger partial charge in [-0.15, -0.1) is 0 Å². The van der Waals surface area contributed by atoms with Crippen molar-refractivity contribution < 1.29 is 14.7 Å². The highest BCUT2D eigenvalue weighted by Crippen LogP contribution is 2.23. The fourth-order valence-corrected chi connectivity index (χ4v) is 2.77. The van der Waals surface area contributed by atoms with Crippen LogP contribution in [-0.4, -0.2) is 23.0 Å². The van der Waals surface area contributed by atoms with Crippen LogP contribution in [0.25, 0.3) is 0 Å². The molecule has 0 aliphatic heterocycles. The molecule has 1 amide bonds. The largest absolute Gasteiger partial charge is 0.481 e. The molecule has 0 aromatic rings. The number of carboxylic acids is 1. The lowest BCUT2D eigenvalue weighted by Crippen LogP contribution is -2.43. The lowest BCUT2D eigenvalue weighted by molar-refractivity contribution is -0.143. The minimum absolute atomic E-state index is 0.0188. The van der Waals surface area contributed by atoms with Crippen molar-refractivity contribution in [1.29, 1.82) is 0 Å². The summed E-state index contributed by atoms with van der Waals surface area (Å²) in [6.07, 6.45) is 9.29. The molecule has 2 N–H and O–H groups in total. The van der Waals surface area contributed by atoms with Gasteiger partial charge in [0.1, 0.15) is 0 Å². The number of amides is 1. The summed E-state index contributed by atoms with van der Waals surface area (Å²) < 4.78 is 0. The van der Waals surface area contributed by atoms with Gasteiger partial charge >= 0.3 is 5.97 Å². The molecular weight excluding hydrogens is 242 g/mol. The Morgan fingerprint density at radius 1 is 1.11 bits per heavy atom. The average Bonchev–Trinajstić information content (AvgIpc) is 2.32. The molecule has 0 aromatic carbocycles. The minimum atomic E-state index is -0.763.